The summed E-state index contributed by atoms with van der Waals surface area (Å²) in [6.45, 7) is 10.8. The molecule has 0 spiro atoms. The lowest BCUT2D eigenvalue weighted by Gasteiger charge is -2.35. The minimum absolute atomic E-state index is 0.135. The molecule has 2 rings (SSSR count). The van der Waals surface area contributed by atoms with E-state index in [1.165, 1.54) is 11.8 Å². The van der Waals surface area contributed by atoms with E-state index >= 15 is 0 Å². The molecule has 1 aromatic heterocycles. The van der Waals surface area contributed by atoms with Gasteiger partial charge in [-0.1, -0.05) is 25.6 Å². The first-order valence-electron chi connectivity index (χ1n) is 7.23. The lowest BCUT2D eigenvalue weighted by Crippen LogP contribution is -2.50. The molecule has 1 aliphatic heterocycles. The fourth-order valence-electron chi connectivity index (χ4n) is 2.24. The van der Waals surface area contributed by atoms with Crippen LogP contribution < -0.4 is 0 Å². The SMILES string of the molecule is CCc1nc(SC(C)C(=O)N2CCN(CC)CC2)n[nH]1. The second-order valence-corrected chi connectivity index (χ2v) is 6.25. The second-order valence-electron chi connectivity index (χ2n) is 4.94. The number of amides is 1. The predicted molar refractivity (Wildman–Crippen MR) is 79.8 cm³/mol. The van der Waals surface area contributed by atoms with Crippen LogP contribution in [0.2, 0.25) is 0 Å². The van der Waals surface area contributed by atoms with Crippen LogP contribution in [0.3, 0.4) is 0 Å². The van der Waals surface area contributed by atoms with Crippen LogP contribution in [0.25, 0.3) is 0 Å². The van der Waals surface area contributed by atoms with Crippen molar-refractivity contribution in [2.24, 2.45) is 0 Å². The maximum Gasteiger partial charge on any atom is 0.235 e. The topological polar surface area (TPSA) is 65.1 Å². The number of H-pyrrole nitrogens is 1. The van der Waals surface area contributed by atoms with Crippen molar-refractivity contribution < 1.29 is 4.79 Å². The highest BCUT2D eigenvalue weighted by Gasteiger charge is 2.25. The zero-order chi connectivity index (χ0) is 14.5. The fourth-order valence-corrected chi connectivity index (χ4v) is 3.07. The van der Waals surface area contributed by atoms with Gasteiger partial charge in [0.25, 0.3) is 0 Å². The first-order valence-corrected chi connectivity index (χ1v) is 8.11. The average molecular weight is 297 g/mol. The minimum Gasteiger partial charge on any atom is -0.339 e. The Morgan fingerprint density at radius 2 is 2.05 bits per heavy atom. The molecule has 1 atom stereocenters. The molecule has 1 fully saturated rings. The van der Waals surface area contributed by atoms with E-state index in [4.69, 9.17) is 0 Å². The van der Waals surface area contributed by atoms with E-state index in [1.807, 2.05) is 18.7 Å². The highest BCUT2D eigenvalue weighted by Crippen LogP contribution is 2.21. The van der Waals surface area contributed by atoms with Crippen LogP contribution in [0.4, 0.5) is 0 Å². The number of nitrogens with zero attached hydrogens (tertiary/aromatic N) is 4. The number of thioether (sulfide) groups is 1. The average Bonchev–Trinajstić information content (AvgIpc) is 2.94. The van der Waals surface area contributed by atoms with Gasteiger partial charge >= 0.3 is 0 Å². The van der Waals surface area contributed by atoms with E-state index in [0.29, 0.717) is 5.16 Å². The molecule has 0 saturated carbocycles. The monoisotopic (exact) mass is 297 g/mol. The molecule has 7 heteroatoms. The van der Waals surface area contributed by atoms with Crippen LogP contribution in [0.1, 0.15) is 26.6 Å². The number of carbonyl (C=O) groups is 1. The molecular formula is C13H23N5OS. The van der Waals surface area contributed by atoms with Crippen molar-refractivity contribution in [3.8, 4) is 0 Å². The van der Waals surface area contributed by atoms with Gasteiger partial charge < -0.3 is 9.80 Å². The van der Waals surface area contributed by atoms with Gasteiger partial charge in [0.2, 0.25) is 11.1 Å². The van der Waals surface area contributed by atoms with Crippen LogP contribution in [0.15, 0.2) is 5.16 Å². The highest BCUT2D eigenvalue weighted by atomic mass is 32.2. The van der Waals surface area contributed by atoms with Crippen molar-refractivity contribution in [2.45, 2.75) is 37.6 Å². The number of aromatic amines is 1. The summed E-state index contributed by atoms with van der Waals surface area (Å²) in [5, 5.41) is 7.53. The van der Waals surface area contributed by atoms with E-state index in [2.05, 4.69) is 27.0 Å². The Bertz CT molecular complexity index is 442. The number of aryl methyl sites for hydroxylation is 1. The van der Waals surface area contributed by atoms with Gasteiger partial charge in [-0.05, 0) is 13.5 Å². The highest BCUT2D eigenvalue weighted by molar-refractivity contribution is 8.00. The molecule has 1 unspecified atom stereocenters. The Morgan fingerprint density at radius 1 is 1.35 bits per heavy atom. The first kappa shape index (κ1) is 15.3. The number of hydrogen-bond donors (Lipinski definition) is 1. The molecule has 1 N–H and O–H groups in total. The smallest absolute Gasteiger partial charge is 0.235 e. The zero-order valence-corrected chi connectivity index (χ0v) is 13.2. The number of rotatable bonds is 5. The molecule has 0 radical (unpaired) electrons. The van der Waals surface area contributed by atoms with Gasteiger partial charge in [0.1, 0.15) is 5.82 Å². The minimum atomic E-state index is -0.135. The van der Waals surface area contributed by atoms with Crippen molar-refractivity contribution in [3.05, 3.63) is 5.82 Å². The van der Waals surface area contributed by atoms with Gasteiger partial charge in [-0.3, -0.25) is 9.89 Å². The van der Waals surface area contributed by atoms with E-state index < -0.39 is 0 Å². The largest absolute Gasteiger partial charge is 0.339 e. The van der Waals surface area contributed by atoms with Crippen LogP contribution >= 0.6 is 11.8 Å². The zero-order valence-electron chi connectivity index (χ0n) is 12.4. The molecule has 6 nitrogen and oxygen atoms in total. The van der Waals surface area contributed by atoms with Crippen LogP contribution in [-0.4, -0.2) is 68.9 Å². The lowest BCUT2D eigenvalue weighted by atomic mass is 10.3. The van der Waals surface area contributed by atoms with Crippen LogP contribution in [0, 0.1) is 0 Å². The number of nitrogens with one attached hydrogen (secondary N) is 1. The summed E-state index contributed by atoms with van der Waals surface area (Å²) in [6, 6.07) is 0. The first-order chi connectivity index (χ1) is 9.63. The van der Waals surface area contributed by atoms with E-state index in [0.717, 1.165) is 45.0 Å². The van der Waals surface area contributed by atoms with Gasteiger partial charge in [-0.15, -0.1) is 5.10 Å². The van der Waals surface area contributed by atoms with Gasteiger partial charge in [-0.2, -0.15) is 0 Å². The maximum absolute atomic E-state index is 12.4. The van der Waals surface area contributed by atoms with Crippen molar-refractivity contribution in [1.29, 1.82) is 0 Å². The summed E-state index contributed by atoms with van der Waals surface area (Å²) >= 11 is 1.43. The third-order valence-corrected chi connectivity index (χ3v) is 4.56. The quantitative estimate of drug-likeness (QED) is 0.822. The van der Waals surface area contributed by atoms with Crippen LogP contribution in [-0.2, 0) is 11.2 Å². The third-order valence-electron chi connectivity index (χ3n) is 3.61. The molecule has 20 heavy (non-hydrogen) atoms. The predicted octanol–water partition coefficient (Wildman–Crippen LogP) is 1.01. The number of likely N-dealkylation sites (N-methyl/N-ethyl adjacent to an activating group) is 1. The molecule has 1 aliphatic rings. The normalized spacial score (nSPS) is 18.2. The third kappa shape index (κ3) is 3.73. The Kier molecular flexibility index (Phi) is 5.42. The van der Waals surface area contributed by atoms with Crippen molar-refractivity contribution in [3.63, 3.8) is 0 Å². The summed E-state index contributed by atoms with van der Waals surface area (Å²) in [5.41, 5.74) is 0. The Hall–Kier alpha value is -1.08. The Balaban J connectivity index is 1.85. The standard InChI is InChI=1S/C13H23N5OS/c1-4-11-14-13(16-15-11)20-10(3)12(19)18-8-6-17(5-2)7-9-18/h10H,4-9H2,1-3H3,(H,14,15,16). The van der Waals surface area contributed by atoms with Crippen molar-refractivity contribution >= 4 is 17.7 Å². The molecule has 1 amide bonds. The molecule has 2 heterocycles. The number of piperazine rings is 1. The van der Waals surface area contributed by atoms with Gasteiger partial charge in [0.05, 0.1) is 5.25 Å². The maximum atomic E-state index is 12.4. The summed E-state index contributed by atoms with van der Waals surface area (Å²) in [5.74, 6) is 1.05. The molecule has 1 saturated heterocycles. The molecule has 0 bridgehead atoms. The number of aromatic nitrogens is 3. The Labute approximate surface area is 124 Å². The molecule has 112 valence electrons. The molecular weight excluding hydrogens is 274 g/mol. The van der Waals surface area contributed by atoms with Crippen molar-refractivity contribution in [1.82, 2.24) is 25.0 Å². The summed E-state index contributed by atoms with van der Waals surface area (Å²) in [4.78, 5) is 21.1. The van der Waals surface area contributed by atoms with Gasteiger partial charge in [-0.25, -0.2) is 4.98 Å². The van der Waals surface area contributed by atoms with E-state index in [9.17, 15) is 4.79 Å². The lowest BCUT2D eigenvalue weighted by molar-refractivity contribution is -0.132. The van der Waals surface area contributed by atoms with Crippen molar-refractivity contribution in [2.75, 3.05) is 32.7 Å². The summed E-state index contributed by atoms with van der Waals surface area (Å²) < 4.78 is 0. The van der Waals surface area contributed by atoms with Crippen LogP contribution in [0.5, 0.6) is 0 Å². The van der Waals surface area contributed by atoms with E-state index in [1.54, 1.807) is 0 Å². The second kappa shape index (κ2) is 7.08. The fraction of sp³-hybridized carbons (Fsp3) is 0.769. The molecule has 1 aromatic rings. The molecule has 0 aliphatic carbocycles. The number of carbonyl (C=O) groups excluding carboxylic acids is 1. The number of hydrogen-bond acceptors (Lipinski definition) is 5. The Morgan fingerprint density at radius 3 is 2.60 bits per heavy atom. The van der Waals surface area contributed by atoms with Gasteiger partial charge in [0, 0.05) is 32.6 Å². The van der Waals surface area contributed by atoms with Gasteiger partial charge in [0.15, 0.2) is 0 Å². The molecule has 0 aromatic carbocycles. The summed E-state index contributed by atoms with van der Waals surface area (Å²) in [7, 11) is 0. The van der Waals surface area contributed by atoms with E-state index in [-0.39, 0.29) is 11.2 Å². The summed E-state index contributed by atoms with van der Waals surface area (Å²) in [6.07, 6.45) is 0.828.